The Morgan fingerprint density at radius 2 is 1.64 bits per heavy atom. The molecule has 0 saturated heterocycles. The van der Waals surface area contributed by atoms with Gasteiger partial charge in [-0.15, -0.1) is 0 Å². The fourth-order valence-electron chi connectivity index (χ4n) is 2.78. The monoisotopic (exact) mass is 481 g/mol. The van der Waals surface area contributed by atoms with Gasteiger partial charge in [-0.2, -0.15) is 0 Å². The first-order valence-corrected chi connectivity index (χ1v) is 11.1. The largest absolute Gasteiger partial charge is 0.493 e. The molecular weight excluding hydrogens is 454 g/mol. The number of nitrogens with one attached hydrogen (secondary N) is 1. The first-order chi connectivity index (χ1) is 15.8. The number of esters is 1. The molecular formula is C22H27NO9S. The molecule has 0 atom stereocenters. The predicted octanol–water partition coefficient (Wildman–Crippen LogP) is 2.72. The highest BCUT2D eigenvalue weighted by Gasteiger charge is 2.24. The maximum absolute atomic E-state index is 13.3. The van der Waals surface area contributed by atoms with Gasteiger partial charge < -0.3 is 28.4 Å². The standard InChI is InChI=1S/C22H27NO9S/c1-27-10-11-32-18-14-16(7-8-17(18)28-2)23-33(25,26)20-13-15(6-9-21(24)30-4)12-19(29-3)22(20)31-5/h6-9,12-14,23H,10-11H2,1-5H3/b9-6+. The molecule has 180 valence electrons. The van der Waals surface area contributed by atoms with Crippen LogP contribution >= 0.6 is 0 Å². The Hall–Kier alpha value is -3.44. The van der Waals surface area contributed by atoms with Gasteiger partial charge in [0.2, 0.25) is 0 Å². The molecule has 0 amide bonds. The van der Waals surface area contributed by atoms with Crippen molar-refractivity contribution in [3.63, 3.8) is 0 Å². The van der Waals surface area contributed by atoms with Crippen molar-refractivity contribution in [3.8, 4) is 23.0 Å². The SMILES string of the molecule is COCCOc1cc(NS(=O)(=O)c2cc(/C=C/C(=O)OC)cc(OC)c2OC)ccc1OC. The number of carbonyl (C=O) groups excluding carboxylic acids is 1. The van der Waals surface area contributed by atoms with E-state index in [4.69, 9.17) is 23.7 Å². The average molecular weight is 482 g/mol. The van der Waals surface area contributed by atoms with Crippen LogP contribution in [0.2, 0.25) is 0 Å². The minimum Gasteiger partial charge on any atom is -0.493 e. The van der Waals surface area contributed by atoms with Crippen LogP contribution < -0.4 is 23.7 Å². The number of anilines is 1. The van der Waals surface area contributed by atoms with Crippen LogP contribution in [0.3, 0.4) is 0 Å². The topological polar surface area (TPSA) is 119 Å². The molecule has 0 aliphatic rings. The van der Waals surface area contributed by atoms with Crippen LogP contribution in [0.5, 0.6) is 23.0 Å². The highest BCUT2D eigenvalue weighted by Crippen LogP contribution is 2.38. The first-order valence-electron chi connectivity index (χ1n) is 9.64. The Bertz CT molecular complexity index is 1100. The van der Waals surface area contributed by atoms with Crippen LogP contribution in [-0.2, 0) is 24.3 Å². The average Bonchev–Trinajstić information content (AvgIpc) is 2.81. The predicted molar refractivity (Wildman–Crippen MR) is 122 cm³/mol. The second-order valence-electron chi connectivity index (χ2n) is 6.42. The van der Waals surface area contributed by atoms with Crippen molar-refractivity contribution in [3.05, 3.63) is 42.0 Å². The summed E-state index contributed by atoms with van der Waals surface area (Å²) in [4.78, 5) is 11.3. The van der Waals surface area contributed by atoms with Gasteiger partial charge in [-0.1, -0.05) is 0 Å². The van der Waals surface area contributed by atoms with Crippen LogP contribution in [0.1, 0.15) is 5.56 Å². The Labute approximate surface area is 193 Å². The minimum absolute atomic E-state index is 0.00491. The van der Waals surface area contributed by atoms with E-state index in [9.17, 15) is 13.2 Å². The molecule has 0 saturated carbocycles. The van der Waals surface area contributed by atoms with Crippen molar-refractivity contribution in [2.24, 2.45) is 0 Å². The number of rotatable bonds is 12. The zero-order chi connectivity index (χ0) is 24.4. The Balaban J connectivity index is 2.47. The van der Waals surface area contributed by atoms with E-state index in [0.29, 0.717) is 23.7 Å². The lowest BCUT2D eigenvalue weighted by Crippen LogP contribution is -2.15. The van der Waals surface area contributed by atoms with Gasteiger partial charge in [0.05, 0.1) is 40.7 Å². The maximum atomic E-state index is 13.3. The van der Waals surface area contributed by atoms with E-state index in [1.807, 2.05) is 0 Å². The summed E-state index contributed by atoms with van der Waals surface area (Å²) >= 11 is 0. The van der Waals surface area contributed by atoms with Crippen LogP contribution in [0.25, 0.3) is 6.08 Å². The third kappa shape index (κ3) is 6.77. The minimum atomic E-state index is -4.14. The van der Waals surface area contributed by atoms with Gasteiger partial charge in [0, 0.05) is 19.3 Å². The second-order valence-corrected chi connectivity index (χ2v) is 8.07. The van der Waals surface area contributed by atoms with E-state index in [1.54, 1.807) is 13.2 Å². The van der Waals surface area contributed by atoms with Crippen molar-refractivity contribution >= 4 is 27.8 Å². The Kier molecular flexibility index (Phi) is 9.37. The summed E-state index contributed by atoms with van der Waals surface area (Å²) in [5, 5.41) is 0. The lowest BCUT2D eigenvalue weighted by molar-refractivity contribution is -0.134. The quantitative estimate of drug-likeness (QED) is 0.277. The third-order valence-corrected chi connectivity index (χ3v) is 5.72. The molecule has 0 bridgehead atoms. The zero-order valence-electron chi connectivity index (χ0n) is 19.0. The normalized spacial score (nSPS) is 11.2. The third-order valence-electron chi connectivity index (χ3n) is 4.33. The van der Waals surface area contributed by atoms with Gasteiger partial charge in [-0.05, 0) is 35.9 Å². The van der Waals surface area contributed by atoms with Crippen molar-refractivity contribution in [2.75, 3.05) is 53.5 Å². The van der Waals surface area contributed by atoms with Crippen LogP contribution in [0, 0.1) is 0 Å². The molecule has 0 unspecified atom stereocenters. The van der Waals surface area contributed by atoms with Gasteiger partial charge >= 0.3 is 5.97 Å². The van der Waals surface area contributed by atoms with E-state index in [-0.39, 0.29) is 28.7 Å². The molecule has 0 radical (unpaired) electrons. The molecule has 0 aliphatic heterocycles. The van der Waals surface area contributed by atoms with E-state index in [0.717, 1.165) is 6.08 Å². The van der Waals surface area contributed by atoms with Gasteiger partial charge in [0.15, 0.2) is 23.0 Å². The fourth-order valence-corrected chi connectivity index (χ4v) is 4.04. The van der Waals surface area contributed by atoms with Gasteiger partial charge in [-0.25, -0.2) is 13.2 Å². The molecule has 33 heavy (non-hydrogen) atoms. The molecule has 1 N–H and O–H groups in total. The molecule has 2 aromatic carbocycles. The molecule has 0 spiro atoms. The molecule has 0 heterocycles. The van der Waals surface area contributed by atoms with E-state index in [2.05, 4.69) is 9.46 Å². The van der Waals surface area contributed by atoms with E-state index < -0.39 is 16.0 Å². The number of ether oxygens (including phenoxy) is 6. The Morgan fingerprint density at radius 3 is 2.24 bits per heavy atom. The summed E-state index contributed by atoms with van der Waals surface area (Å²) in [5.41, 5.74) is 0.622. The lowest BCUT2D eigenvalue weighted by atomic mass is 10.2. The number of hydrogen-bond donors (Lipinski definition) is 1. The van der Waals surface area contributed by atoms with Crippen molar-refractivity contribution in [1.29, 1.82) is 0 Å². The number of benzene rings is 2. The highest BCUT2D eigenvalue weighted by atomic mass is 32.2. The van der Waals surface area contributed by atoms with Crippen molar-refractivity contribution < 1.29 is 41.6 Å². The zero-order valence-corrected chi connectivity index (χ0v) is 19.9. The molecule has 0 aliphatic carbocycles. The molecule has 2 rings (SSSR count). The fraction of sp³-hybridized carbons (Fsp3) is 0.318. The molecule has 0 aromatic heterocycles. The van der Waals surface area contributed by atoms with Crippen molar-refractivity contribution in [2.45, 2.75) is 4.90 Å². The summed E-state index contributed by atoms with van der Waals surface area (Å²) in [7, 11) is 2.83. The number of sulfonamides is 1. The van der Waals surface area contributed by atoms with Crippen LogP contribution in [0.4, 0.5) is 5.69 Å². The van der Waals surface area contributed by atoms with Gasteiger partial charge in [0.1, 0.15) is 11.5 Å². The number of carbonyl (C=O) groups is 1. The first kappa shape index (κ1) is 25.8. The molecule has 0 fully saturated rings. The number of methoxy groups -OCH3 is 5. The highest BCUT2D eigenvalue weighted by molar-refractivity contribution is 7.92. The van der Waals surface area contributed by atoms with Crippen LogP contribution in [-0.4, -0.2) is 63.1 Å². The van der Waals surface area contributed by atoms with Crippen LogP contribution in [0.15, 0.2) is 41.3 Å². The van der Waals surface area contributed by atoms with Gasteiger partial charge in [0.25, 0.3) is 10.0 Å². The Morgan fingerprint density at radius 1 is 0.909 bits per heavy atom. The lowest BCUT2D eigenvalue weighted by Gasteiger charge is -2.16. The molecule has 11 heteroatoms. The molecule has 10 nitrogen and oxygen atoms in total. The summed E-state index contributed by atoms with van der Waals surface area (Å²) in [6.07, 6.45) is 2.57. The smallest absolute Gasteiger partial charge is 0.330 e. The maximum Gasteiger partial charge on any atom is 0.330 e. The summed E-state index contributed by atoms with van der Waals surface area (Å²) in [6, 6.07) is 7.49. The van der Waals surface area contributed by atoms with Crippen molar-refractivity contribution in [1.82, 2.24) is 0 Å². The summed E-state index contributed by atoms with van der Waals surface area (Å²) in [6.45, 7) is 0.602. The van der Waals surface area contributed by atoms with E-state index >= 15 is 0 Å². The molecule has 2 aromatic rings. The van der Waals surface area contributed by atoms with E-state index in [1.165, 1.54) is 58.8 Å². The summed E-state index contributed by atoms with van der Waals surface area (Å²) < 4.78 is 60.0. The van der Waals surface area contributed by atoms with Gasteiger partial charge in [-0.3, -0.25) is 4.72 Å². The summed E-state index contributed by atoms with van der Waals surface area (Å²) in [5.74, 6) is 0.359. The number of hydrogen-bond acceptors (Lipinski definition) is 9. The second kappa shape index (κ2) is 12.0.